The zero-order chi connectivity index (χ0) is 14.5. The Balaban J connectivity index is 2.20. The van der Waals surface area contributed by atoms with Crippen LogP contribution in [0.5, 0.6) is 0 Å². The molecular formula is C16H25N3O. The van der Waals surface area contributed by atoms with E-state index in [-0.39, 0.29) is 5.91 Å². The second-order valence-corrected chi connectivity index (χ2v) is 5.67. The molecule has 0 radical (unpaired) electrons. The molecule has 1 aromatic carbocycles. The second kappa shape index (κ2) is 6.75. The van der Waals surface area contributed by atoms with Gasteiger partial charge in [0.25, 0.3) is 5.91 Å². The third-order valence-electron chi connectivity index (χ3n) is 4.01. The van der Waals surface area contributed by atoms with E-state index < -0.39 is 0 Å². The number of benzene rings is 1. The number of hydrogen-bond acceptors (Lipinski definition) is 3. The molecule has 1 fully saturated rings. The standard InChI is InChI=1S/C16H25N3O/c1-18(2)15-9-5-6-13(12-15)16(20)19(11-10-17)14-7-3-4-8-14/h5-6,9,12,14H,3-4,7-8,10-11,17H2,1-2H3. The molecule has 1 aromatic rings. The summed E-state index contributed by atoms with van der Waals surface area (Å²) in [6, 6.07) is 8.18. The molecule has 0 heterocycles. The number of nitrogens with zero attached hydrogens (tertiary/aromatic N) is 2. The topological polar surface area (TPSA) is 49.6 Å². The van der Waals surface area contributed by atoms with E-state index in [2.05, 4.69) is 0 Å². The Bertz CT molecular complexity index is 453. The van der Waals surface area contributed by atoms with Crippen LogP contribution in [0.1, 0.15) is 36.0 Å². The first kappa shape index (κ1) is 14.9. The average Bonchev–Trinajstić information content (AvgIpc) is 2.98. The highest BCUT2D eigenvalue weighted by molar-refractivity contribution is 5.95. The highest BCUT2D eigenvalue weighted by Gasteiger charge is 2.26. The van der Waals surface area contributed by atoms with Crippen molar-refractivity contribution in [1.29, 1.82) is 0 Å². The fourth-order valence-electron chi connectivity index (χ4n) is 2.89. The van der Waals surface area contributed by atoms with Gasteiger partial charge in [-0.05, 0) is 31.0 Å². The van der Waals surface area contributed by atoms with Crippen LogP contribution in [-0.4, -0.2) is 44.0 Å². The summed E-state index contributed by atoms with van der Waals surface area (Å²) >= 11 is 0. The average molecular weight is 275 g/mol. The van der Waals surface area contributed by atoms with E-state index in [0.29, 0.717) is 19.1 Å². The molecule has 0 bridgehead atoms. The molecule has 0 unspecified atom stereocenters. The van der Waals surface area contributed by atoms with E-state index in [1.54, 1.807) is 0 Å². The Morgan fingerprint density at radius 3 is 2.60 bits per heavy atom. The molecule has 1 saturated carbocycles. The Kier molecular flexibility index (Phi) is 5.01. The van der Waals surface area contributed by atoms with Gasteiger partial charge >= 0.3 is 0 Å². The van der Waals surface area contributed by atoms with Gasteiger partial charge in [0.1, 0.15) is 0 Å². The summed E-state index contributed by atoms with van der Waals surface area (Å²) in [4.78, 5) is 16.7. The zero-order valence-corrected chi connectivity index (χ0v) is 12.5. The van der Waals surface area contributed by atoms with Gasteiger partial charge in [0.15, 0.2) is 0 Å². The number of carbonyl (C=O) groups excluding carboxylic acids is 1. The van der Waals surface area contributed by atoms with Crippen molar-refractivity contribution < 1.29 is 4.79 Å². The van der Waals surface area contributed by atoms with Gasteiger partial charge in [-0.3, -0.25) is 4.79 Å². The molecule has 1 aliphatic rings. The van der Waals surface area contributed by atoms with Crippen LogP contribution >= 0.6 is 0 Å². The Hall–Kier alpha value is -1.55. The highest BCUT2D eigenvalue weighted by Crippen LogP contribution is 2.25. The maximum Gasteiger partial charge on any atom is 0.254 e. The Labute approximate surface area is 121 Å². The predicted octanol–water partition coefficient (Wildman–Crippen LogP) is 2.10. The molecule has 0 saturated heterocycles. The molecule has 2 N–H and O–H groups in total. The number of carbonyl (C=O) groups is 1. The van der Waals surface area contributed by atoms with Gasteiger partial charge in [0.05, 0.1) is 0 Å². The lowest BCUT2D eigenvalue weighted by atomic mass is 10.1. The number of nitrogens with two attached hydrogens (primary N) is 1. The van der Waals surface area contributed by atoms with Crippen molar-refractivity contribution in [2.75, 3.05) is 32.1 Å². The third-order valence-corrected chi connectivity index (χ3v) is 4.01. The summed E-state index contributed by atoms with van der Waals surface area (Å²) < 4.78 is 0. The van der Waals surface area contributed by atoms with Crippen LogP contribution in [0.4, 0.5) is 5.69 Å². The summed E-state index contributed by atoms with van der Waals surface area (Å²) in [5.74, 6) is 0.117. The first-order chi connectivity index (χ1) is 9.63. The second-order valence-electron chi connectivity index (χ2n) is 5.67. The van der Waals surface area contributed by atoms with Gasteiger partial charge in [0, 0.05) is 44.5 Å². The van der Waals surface area contributed by atoms with Crippen LogP contribution in [0, 0.1) is 0 Å². The number of amides is 1. The van der Waals surface area contributed by atoms with Crippen LogP contribution in [0.25, 0.3) is 0 Å². The molecule has 1 aliphatic carbocycles. The first-order valence-electron chi connectivity index (χ1n) is 7.42. The monoisotopic (exact) mass is 275 g/mol. The van der Waals surface area contributed by atoms with Crippen LogP contribution in [-0.2, 0) is 0 Å². The normalized spacial score (nSPS) is 15.3. The minimum Gasteiger partial charge on any atom is -0.378 e. The molecule has 20 heavy (non-hydrogen) atoms. The number of hydrogen-bond donors (Lipinski definition) is 1. The van der Waals surface area contributed by atoms with E-state index in [1.807, 2.05) is 48.2 Å². The van der Waals surface area contributed by atoms with Crippen molar-refractivity contribution in [2.45, 2.75) is 31.7 Å². The van der Waals surface area contributed by atoms with Gasteiger partial charge in [0.2, 0.25) is 0 Å². The van der Waals surface area contributed by atoms with Crippen molar-refractivity contribution in [3.05, 3.63) is 29.8 Å². The lowest BCUT2D eigenvalue weighted by molar-refractivity contribution is 0.0688. The van der Waals surface area contributed by atoms with E-state index in [0.717, 1.165) is 24.1 Å². The quantitative estimate of drug-likeness (QED) is 0.895. The van der Waals surface area contributed by atoms with Crippen molar-refractivity contribution in [1.82, 2.24) is 4.90 Å². The molecule has 0 atom stereocenters. The lowest BCUT2D eigenvalue weighted by Crippen LogP contribution is -2.42. The van der Waals surface area contributed by atoms with Crippen LogP contribution in [0.15, 0.2) is 24.3 Å². The SMILES string of the molecule is CN(C)c1cccc(C(=O)N(CCN)C2CCCC2)c1. The molecule has 110 valence electrons. The van der Waals surface area contributed by atoms with E-state index in [9.17, 15) is 4.79 Å². The molecule has 0 spiro atoms. The Morgan fingerprint density at radius 1 is 1.30 bits per heavy atom. The first-order valence-corrected chi connectivity index (χ1v) is 7.42. The molecule has 4 heteroatoms. The Morgan fingerprint density at radius 2 is 2.00 bits per heavy atom. The minimum atomic E-state index is 0.117. The fourth-order valence-corrected chi connectivity index (χ4v) is 2.89. The number of rotatable bonds is 5. The smallest absolute Gasteiger partial charge is 0.254 e. The van der Waals surface area contributed by atoms with E-state index in [4.69, 9.17) is 5.73 Å². The molecule has 0 aliphatic heterocycles. The van der Waals surface area contributed by atoms with E-state index >= 15 is 0 Å². The summed E-state index contributed by atoms with van der Waals surface area (Å²) in [6.07, 6.45) is 4.66. The largest absolute Gasteiger partial charge is 0.378 e. The maximum atomic E-state index is 12.7. The third kappa shape index (κ3) is 3.31. The van der Waals surface area contributed by atoms with Crippen molar-refractivity contribution in [3.8, 4) is 0 Å². The van der Waals surface area contributed by atoms with Crippen LogP contribution < -0.4 is 10.6 Å². The maximum absolute atomic E-state index is 12.7. The highest BCUT2D eigenvalue weighted by atomic mass is 16.2. The van der Waals surface area contributed by atoms with Crippen LogP contribution in [0.3, 0.4) is 0 Å². The van der Waals surface area contributed by atoms with Crippen molar-refractivity contribution in [2.24, 2.45) is 5.73 Å². The van der Waals surface area contributed by atoms with Crippen molar-refractivity contribution in [3.63, 3.8) is 0 Å². The van der Waals surface area contributed by atoms with E-state index in [1.165, 1.54) is 12.8 Å². The summed E-state index contributed by atoms with van der Waals surface area (Å²) in [5, 5.41) is 0. The summed E-state index contributed by atoms with van der Waals surface area (Å²) in [6.45, 7) is 1.17. The van der Waals surface area contributed by atoms with Crippen LogP contribution in [0.2, 0.25) is 0 Å². The van der Waals surface area contributed by atoms with Gasteiger partial charge in [-0.1, -0.05) is 18.9 Å². The predicted molar refractivity (Wildman–Crippen MR) is 83.1 cm³/mol. The zero-order valence-electron chi connectivity index (χ0n) is 12.5. The van der Waals surface area contributed by atoms with Gasteiger partial charge in [-0.15, -0.1) is 0 Å². The molecule has 0 aromatic heterocycles. The molecule has 2 rings (SSSR count). The van der Waals surface area contributed by atoms with Gasteiger partial charge in [-0.25, -0.2) is 0 Å². The summed E-state index contributed by atoms with van der Waals surface area (Å²) in [7, 11) is 3.97. The number of anilines is 1. The van der Waals surface area contributed by atoms with Gasteiger partial charge in [-0.2, -0.15) is 0 Å². The summed E-state index contributed by atoms with van der Waals surface area (Å²) in [5.41, 5.74) is 7.50. The molecule has 1 amide bonds. The molecular weight excluding hydrogens is 250 g/mol. The fraction of sp³-hybridized carbons (Fsp3) is 0.562. The minimum absolute atomic E-state index is 0.117. The lowest BCUT2D eigenvalue weighted by Gasteiger charge is -2.29. The van der Waals surface area contributed by atoms with Gasteiger partial charge < -0.3 is 15.5 Å². The van der Waals surface area contributed by atoms with Crippen molar-refractivity contribution >= 4 is 11.6 Å². The molecule has 4 nitrogen and oxygen atoms in total.